The normalized spacial score (nSPS) is 23.0. The van der Waals surface area contributed by atoms with E-state index < -0.39 is 11.2 Å². The summed E-state index contributed by atoms with van der Waals surface area (Å²) in [6.45, 7) is 1.33. The first kappa shape index (κ1) is 13.8. The maximum atomic E-state index is 12.5. The molecule has 2 atom stereocenters. The Morgan fingerprint density at radius 3 is 2.83 bits per heavy atom. The van der Waals surface area contributed by atoms with Crippen LogP contribution in [0.4, 0.5) is 13.2 Å². The van der Waals surface area contributed by atoms with E-state index in [4.69, 9.17) is 4.74 Å². The Hall–Kier alpha value is -0.660. The summed E-state index contributed by atoms with van der Waals surface area (Å²) in [6, 6.07) is -0.112. The van der Waals surface area contributed by atoms with Gasteiger partial charge in [-0.1, -0.05) is 0 Å². The first-order valence-corrected chi connectivity index (χ1v) is 6.62. The molecule has 1 aliphatic heterocycles. The second-order valence-electron chi connectivity index (χ2n) is 4.31. The van der Waals surface area contributed by atoms with Gasteiger partial charge in [-0.15, -0.1) is 11.3 Å². The molecule has 0 aliphatic carbocycles. The van der Waals surface area contributed by atoms with Crippen molar-refractivity contribution in [2.45, 2.75) is 25.1 Å². The lowest BCUT2D eigenvalue weighted by molar-refractivity contribution is -0.137. The van der Waals surface area contributed by atoms with Crippen LogP contribution >= 0.6 is 11.3 Å². The van der Waals surface area contributed by atoms with Gasteiger partial charge in [0.05, 0.1) is 6.61 Å². The summed E-state index contributed by atoms with van der Waals surface area (Å²) in [5.74, 6) is 0.213. The number of halogens is 3. The molecule has 1 aromatic heterocycles. The molecule has 0 bridgehead atoms. The predicted octanol–water partition coefficient (Wildman–Crippen LogP) is 2.85. The summed E-state index contributed by atoms with van der Waals surface area (Å²) in [4.78, 5) is 4.09. The van der Waals surface area contributed by atoms with Gasteiger partial charge in [-0.25, -0.2) is 4.98 Å². The van der Waals surface area contributed by atoms with Gasteiger partial charge < -0.3 is 10.1 Å². The molecule has 0 spiro atoms. The molecule has 1 aliphatic rings. The number of alkyl halides is 3. The fraction of sp³-hybridized carbons (Fsp3) is 0.727. The molecule has 0 radical (unpaired) electrons. The second kappa shape index (κ2) is 5.54. The van der Waals surface area contributed by atoms with Crippen LogP contribution in [0.2, 0.25) is 0 Å². The molecule has 2 rings (SSSR count). The topological polar surface area (TPSA) is 34.2 Å². The number of nitrogens with zero attached hydrogens (tertiary/aromatic N) is 1. The van der Waals surface area contributed by atoms with Gasteiger partial charge in [-0.05, 0) is 19.9 Å². The van der Waals surface area contributed by atoms with E-state index in [9.17, 15) is 13.2 Å². The molecule has 2 heterocycles. The molecule has 1 N–H and O–H groups in total. The third kappa shape index (κ3) is 3.02. The van der Waals surface area contributed by atoms with Gasteiger partial charge in [-0.2, -0.15) is 13.2 Å². The largest absolute Gasteiger partial charge is 0.443 e. The lowest BCUT2D eigenvalue weighted by Gasteiger charge is -2.29. The quantitative estimate of drug-likeness (QED) is 0.924. The number of nitrogens with one attached hydrogen (secondary N) is 1. The highest BCUT2D eigenvalue weighted by molar-refractivity contribution is 7.11. The van der Waals surface area contributed by atoms with Gasteiger partial charge in [0.2, 0.25) is 0 Å². The van der Waals surface area contributed by atoms with Crippen LogP contribution in [0, 0.1) is 5.92 Å². The number of aromatic nitrogens is 1. The zero-order chi connectivity index (χ0) is 13.2. The Bertz CT molecular complexity index is 388. The van der Waals surface area contributed by atoms with E-state index in [0.29, 0.717) is 22.8 Å². The minimum Gasteiger partial charge on any atom is -0.381 e. The highest BCUT2D eigenvalue weighted by Gasteiger charge is 2.36. The number of ether oxygens (including phenoxy) is 1. The van der Waals surface area contributed by atoms with Crippen LogP contribution in [0.3, 0.4) is 0 Å². The zero-order valence-corrected chi connectivity index (χ0v) is 10.8. The van der Waals surface area contributed by atoms with Crippen LogP contribution in [0.25, 0.3) is 0 Å². The minimum atomic E-state index is -4.36. The van der Waals surface area contributed by atoms with Gasteiger partial charge in [0, 0.05) is 29.6 Å². The number of rotatable bonds is 3. The van der Waals surface area contributed by atoms with E-state index in [1.807, 2.05) is 0 Å². The van der Waals surface area contributed by atoms with Gasteiger partial charge >= 0.3 is 6.18 Å². The van der Waals surface area contributed by atoms with E-state index in [2.05, 4.69) is 10.3 Å². The SMILES string of the molecule is CNC(c1cnc(C(F)(F)F)s1)C1CCCOC1. The van der Waals surface area contributed by atoms with Crippen LogP contribution in [0.5, 0.6) is 0 Å². The van der Waals surface area contributed by atoms with Crippen LogP contribution in [0.1, 0.15) is 28.8 Å². The fourth-order valence-corrected chi connectivity index (χ4v) is 3.19. The third-order valence-corrected chi connectivity index (χ3v) is 4.18. The molecule has 7 heteroatoms. The van der Waals surface area contributed by atoms with Crippen molar-refractivity contribution in [2.75, 3.05) is 20.3 Å². The average Bonchev–Trinajstić information content (AvgIpc) is 2.81. The van der Waals surface area contributed by atoms with Gasteiger partial charge in [0.1, 0.15) is 0 Å². The zero-order valence-electron chi connectivity index (χ0n) is 9.96. The molecule has 1 saturated heterocycles. The summed E-state index contributed by atoms with van der Waals surface area (Å²) in [5.41, 5.74) is 0. The molecule has 0 saturated carbocycles. The van der Waals surface area contributed by atoms with Gasteiger partial charge in [0.25, 0.3) is 0 Å². The second-order valence-corrected chi connectivity index (χ2v) is 5.37. The van der Waals surface area contributed by atoms with Gasteiger partial charge in [-0.3, -0.25) is 0 Å². The summed E-state index contributed by atoms with van der Waals surface area (Å²) in [7, 11) is 1.76. The van der Waals surface area contributed by atoms with E-state index in [0.717, 1.165) is 19.4 Å². The number of hydrogen-bond acceptors (Lipinski definition) is 4. The van der Waals surface area contributed by atoms with Crippen LogP contribution < -0.4 is 5.32 Å². The fourth-order valence-electron chi connectivity index (χ4n) is 2.20. The van der Waals surface area contributed by atoms with Crippen molar-refractivity contribution in [3.8, 4) is 0 Å². The highest BCUT2D eigenvalue weighted by Crippen LogP contribution is 2.37. The van der Waals surface area contributed by atoms with E-state index in [-0.39, 0.29) is 12.0 Å². The molecule has 0 amide bonds. The summed E-state index contributed by atoms with van der Waals surface area (Å²) in [6.07, 6.45) is -1.12. The van der Waals surface area contributed by atoms with E-state index >= 15 is 0 Å². The Kier molecular flexibility index (Phi) is 4.24. The minimum absolute atomic E-state index is 0.112. The van der Waals surface area contributed by atoms with Crippen molar-refractivity contribution in [3.05, 3.63) is 16.1 Å². The Morgan fingerprint density at radius 2 is 2.33 bits per heavy atom. The molecule has 3 nitrogen and oxygen atoms in total. The van der Waals surface area contributed by atoms with Crippen molar-refractivity contribution in [2.24, 2.45) is 5.92 Å². The Labute approximate surface area is 107 Å². The van der Waals surface area contributed by atoms with Crippen molar-refractivity contribution in [3.63, 3.8) is 0 Å². The first-order valence-electron chi connectivity index (χ1n) is 5.80. The molecule has 0 aromatic carbocycles. The van der Waals surface area contributed by atoms with E-state index in [1.165, 1.54) is 6.20 Å². The van der Waals surface area contributed by atoms with Crippen LogP contribution in [-0.4, -0.2) is 25.2 Å². The summed E-state index contributed by atoms with van der Waals surface area (Å²) in [5, 5.41) is 2.29. The van der Waals surface area contributed by atoms with Crippen molar-refractivity contribution in [1.82, 2.24) is 10.3 Å². The smallest absolute Gasteiger partial charge is 0.381 e. The molecular formula is C11H15F3N2OS. The third-order valence-electron chi connectivity index (χ3n) is 3.05. The maximum absolute atomic E-state index is 12.5. The van der Waals surface area contributed by atoms with Crippen molar-refractivity contribution >= 4 is 11.3 Å². The average molecular weight is 280 g/mol. The molecule has 1 fully saturated rings. The highest BCUT2D eigenvalue weighted by atomic mass is 32.1. The number of thiazole rings is 1. The van der Waals surface area contributed by atoms with Crippen molar-refractivity contribution < 1.29 is 17.9 Å². The standard InChI is InChI=1S/C11H15F3N2OS/c1-15-9(7-3-2-4-17-6-7)8-5-16-10(18-8)11(12,13)14/h5,7,9,15H,2-4,6H2,1H3. The summed E-state index contributed by atoms with van der Waals surface area (Å²) < 4.78 is 42.9. The Balaban J connectivity index is 2.14. The molecule has 2 unspecified atom stereocenters. The van der Waals surface area contributed by atoms with Crippen LogP contribution in [-0.2, 0) is 10.9 Å². The lowest BCUT2D eigenvalue weighted by Crippen LogP contribution is -2.30. The molecular weight excluding hydrogens is 265 g/mol. The maximum Gasteiger partial charge on any atom is 0.443 e. The molecule has 18 heavy (non-hydrogen) atoms. The molecule has 1 aromatic rings. The van der Waals surface area contributed by atoms with Gasteiger partial charge in [0.15, 0.2) is 5.01 Å². The predicted molar refractivity (Wildman–Crippen MR) is 62.5 cm³/mol. The summed E-state index contributed by atoms with van der Waals surface area (Å²) >= 11 is 0.712. The Morgan fingerprint density at radius 1 is 1.56 bits per heavy atom. The first-order chi connectivity index (χ1) is 8.52. The van der Waals surface area contributed by atoms with Crippen molar-refractivity contribution in [1.29, 1.82) is 0 Å². The monoisotopic (exact) mass is 280 g/mol. The lowest BCUT2D eigenvalue weighted by atomic mass is 9.93. The van der Waals surface area contributed by atoms with Crippen LogP contribution in [0.15, 0.2) is 6.20 Å². The van der Waals surface area contributed by atoms with E-state index in [1.54, 1.807) is 7.05 Å². The number of hydrogen-bond donors (Lipinski definition) is 1. The molecule has 102 valence electrons.